The van der Waals surface area contributed by atoms with Gasteiger partial charge in [0.2, 0.25) is 0 Å². The maximum atomic E-state index is 6.46. The molecule has 0 saturated heterocycles. The van der Waals surface area contributed by atoms with Crippen molar-refractivity contribution in [2.75, 3.05) is 0 Å². The van der Waals surface area contributed by atoms with Gasteiger partial charge in [-0.3, -0.25) is 0 Å². The molecule has 0 spiro atoms. The number of hydrogen-bond donors (Lipinski definition) is 0. The van der Waals surface area contributed by atoms with Crippen LogP contribution in [0, 0.1) is 12.3 Å². The molecule has 0 aromatic rings. The number of rotatable bonds is 2. The Hall–Kier alpha value is 0.157. The summed E-state index contributed by atoms with van der Waals surface area (Å²) in [5, 5.41) is 1.17. The van der Waals surface area contributed by atoms with Crippen LogP contribution in [0.25, 0.3) is 0 Å². The minimum atomic E-state index is 0.830. The predicted molar refractivity (Wildman–Crippen MR) is 26.9 cm³/mol. The molecule has 1 heteroatoms. The van der Waals surface area contributed by atoms with Crippen molar-refractivity contribution in [2.45, 2.75) is 17.9 Å². The summed E-state index contributed by atoms with van der Waals surface area (Å²) in [6, 6.07) is 0. The molecule has 0 aliphatic carbocycles. The second kappa shape index (κ2) is 5.16. The van der Waals surface area contributed by atoms with E-state index in [1.54, 1.807) is 0 Å². The molecule has 0 fully saturated rings. The normalized spacial score (nSPS) is 7.50. The van der Waals surface area contributed by atoms with Gasteiger partial charge in [0.1, 0.15) is 0 Å². The zero-order chi connectivity index (χ0) is 4.83. The molecule has 1 radical (unpaired) electrons. The van der Waals surface area contributed by atoms with E-state index in [-0.39, 0.29) is 0 Å². The maximum absolute atomic E-state index is 6.46. The van der Waals surface area contributed by atoms with E-state index in [0.29, 0.717) is 0 Å². The van der Waals surface area contributed by atoms with Crippen molar-refractivity contribution in [2.24, 2.45) is 0 Å². The topological polar surface area (TPSA) is 0 Å². The van der Waals surface area contributed by atoms with Gasteiger partial charge in [-0.05, 0) is 0 Å². The van der Waals surface area contributed by atoms with E-state index in [1.165, 1.54) is 5.09 Å². The van der Waals surface area contributed by atoms with E-state index in [9.17, 15) is 0 Å². The van der Waals surface area contributed by atoms with Crippen LogP contribution in [0.5, 0.6) is 0 Å². The third-order valence-electron chi connectivity index (χ3n) is 0.655. The van der Waals surface area contributed by atoms with Crippen LogP contribution in [0.1, 0.15) is 12.8 Å². The SMILES string of the molecule is [Li][CH2]CCC#[C]. The molecule has 0 saturated carbocycles. The van der Waals surface area contributed by atoms with Gasteiger partial charge in [0.25, 0.3) is 0 Å². The molecule has 0 atom stereocenters. The van der Waals surface area contributed by atoms with Crippen LogP contribution in [0.3, 0.4) is 0 Å². The zero-order valence-electron chi connectivity index (χ0n) is 4.12. The number of unbranched alkanes of at least 4 members (excludes halogenated alkanes) is 1. The molecule has 0 amide bonds. The van der Waals surface area contributed by atoms with Crippen LogP contribution in [0.4, 0.5) is 0 Å². The van der Waals surface area contributed by atoms with Crippen LogP contribution in [-0.2, 0) is 0 Å². The first kappa shape index (κ1) is 6.16. The monoisotopic (exact) mass is 73.1 g/mol. The van der Waals surface area contributed by atoms with E-state index in [1.807, 2.05) is 0 Å². The molecule has 0 N–H and O–H groups in total. The minimum absolute atomic E-state index is 0.830. The summed E-state index contributed by atoms with van der Waals surface area (Å²) in [7, 11) is 0. The van der Waals surface area contributed by atoms with Gasteiger partial charge in [-0.1, -0.05) is 0 Å². The fourth-order valence-electron chi connectivity index (χ4n) is 0.265. The van der Waals surface area contributed by atoms with Gasteiger partial charge in [-0.15, -0.1) is 0 Å². The van der Waals surface area contributed by atoms with E-state index in [0.717, 1.165) is 12.8 Å². The molecule has 0 heterocycles. The molecule has 0 aromatic carbocycles. The summed E-state index contributed by atoms with van der Waals surface area (Å²) < 4.78 is 0. The van der Waals surface area contributed by atoms with Gasteiger partial charge in [0, 0.05) is 0 Å². The van der Waals surface area contributed by atoms with E-state index < -0.39 is 0 Å². The number of hydrogen-bond acceptors (Lipinski definition) is 0. The summed E-state index contributed by atoms with van der Waals surface area (Å²) in [6.45, 7) is 0. The Kier molecular flexibility index (Phi) is 5.29. The Labute approximate surface area is 48.5 Å². The van der Waals surface area contributed by atoms with Crippen LogP contribution in [0.2, 0.25) is 5.09 Å². The summed E-state index contributed by atoms with van der Waals surface area (Å²) in [5.41, 5.74) is 0. The van der Waals surface area contributed by atoms with Crippen LogP contribution in [0.15, 0.2) is 0 Å². The van der Waals surface area contributed by atoms with E-state index >= 15 is 0 Å². The summed E-state index contributed by atoms with van der Waals surface area (Å²) in [6.07, 6.45) is 8.40. The Bertz CT molecular complexity index is 51.4. The van der Waals surface area contributed by atoms with Crippen molar-refractivity contribution in [3.05, 3.63) is 6.42 Å². The van der Waals surface area contributed by atoms with Gasteiger partial charge in [0.05, 0.1) is 0 Å². The quantitative estimate of drug-likeness (QED) is 0.259. The van der Waals surface area contributed by atoms with Crippen molar-refractivity contribution < 1.29 is 0 Å². The van der Waals surface area contributed by atoms with Crippen molar-refractivity contribution in [3.63, 3.8) is 0 Å². The van der Waals surface area contributed by atoms with Crippen molar-refractivity contribution in [1.82, 2.24) is 0 Å². The van der Waals surface area contributed by atoms with Gasteiger partial charge >= 0.3 is 48.0 Å². The average molecular weight is 73.0 g/mol. The van der Waals surface area contributed by atoms with Crippen LogP contribution < -0.4 is 0 Å². The summed E-state index contributed by atoms with van der Waals surface area (Å²) in [4.78, 5) is 0. The van der Waals surface area contributed by atoms with Crippen molar-refractivity contribution >= 4 is 17.7 Å². The van der Waals surface area contributed by atoms with Crippen molar-refractivity contribution in [1.29, 1.82) is 0 Å². The molecule has 0 aromatic heterocycles. The Morgan fingerprint density at radius 2 is 2.33 bits per heavy atom. The standard InChI is InChI=1S/C5H6.Li/c1-3-5-4-2;/h1,3,5H2;. The molecule has 0 aliphatic heterocycles. The molecule has 0 nitrogen and oxygen atoms in total. The molecule has 0 rings (SSSR count). The van der Waals surface area contributed by atoms with Crippen molar-refractivity contribution in [3.8, 4) is 5.92 Å². The molecule has 0 bridgehead atoms. The second-order valence-electron chi connectivity index (χ2n) is 1.28. The molecule has 6 heavy (non-hydrogen) atoms. The predicted octanol–water partition coefficient (Wildman–Crippen LogP) is 0.943. The molecular weight excluding hydrogens is 67.0 g/mol. The first-order valence-corrected chi connectivity index (χ1v) is 2.31. The Morgan fingerprint density at radius 1 is 1.67 bits per heavy atom. The second-order valence-corrected chi connectivity index (χ2v) is 1.28. The molecular formula is C5H6Li. The van der Waals surface area contributed by atoms with Gasteiger partial charge in [0.15, 0.2) is 0 Å². The van der Waals surface area contributed by atoms with Crippen LogP contribution in [-0.4, -0.2) is 17.7 Å². The zero-order valence-corrected chi connectivity index (χ0v) is 4.12. The van der Waals surface area contributed by atoms with Gasteiger partial charge in [-0.25, -0.2) is 0 Å². The first-order chi connectivity index (χ1) is 2.91. The van der Waals surface area contributed by atoms with Crippen LogP contribution >= 0.6 is 0 Å². The Balaban J connectivity index is 2.54. The van der Waals surface area contributed by atoms with Gasteiger partial charge < -0.3 is 0 Å². The summed E-state index contributed by atoms with van der Waals surface area (Å²) in [5.74, 6) is 2.32. The molecule has 27 valence electrons. The fraction of sp³-hybridized carbons (Fsp3) is 0.600. The molecule has 0 unspecified atom stereocenters. The average Bonchev–Trinajstić information content (AvgIpc) is 1.61. The summed E-state index contributed by atoms with van der Waals surface area (Å²) >= 11 is 2.11. The molecule has 0 aliphatic rings. The Morgan fingerprint density at radius 3 is 2.50 bits per heavy atom. The third kappa shape index (κ3) is 4.16. The third-order valence-corrected chi connectivity index (χ3v) is 0.655. The van der Waals surface area contributed by atoms with Gasteiger partial charge in [-0.2, -0.15) is 0 Å². The first-order valence-electron chi connectivity index (χ1n) is 2.31. The van der Waals surface area contributed by atoms with E-state index in [2.05, 4.69) is 23.6 Å². The van der Waals surface area contributed by atoms with E-state index in [4.69, 9.17) is 6.42 Å². The fourth-order valence-corrected chi connectivity index (χ4v) is 0.265.